The van der Waals surface area contributed by atoms with Crippen molar-refractivity contribution in [3.05, 3.63) is 88.7 Å². The lowest BCUT2D eigenvalue weighted by Gasteiger charge is -2.41. The number of carbonyl (C=O) groups is 2. The molecule has 2 aliphatic rings. The Morgan fingerprint density at radius 1 is 0.903 bits per heavy atom. The lowest BCUT2D eigenvalue weighted by atomic mass is 10.0. The molecule has 2 aliphatic heterocycles. The molecule has 3 aromatic rings. The summed E-state index contributed by atoms with van der Waals surface area (Å²) in [6.07, 6.45) is -0.644. The van der Waals surface area contributed by atoms with Gasteiger partial charge in [0.15, 0.2) is 11.5 Å². The Balaban J connectivity index is 1.70. The van der Waals surface area contributed by atoms with Gasteiger partial charge >= 0.3 is 0 Å². The normalized spacial score (nSPS) is 16.7. The van der Waals surface area contributed by atoms with Crippen molar-refractivity contribution in [2.24, 2.45) is 0 Å². The van der Waals surface area contributed by atoms with Crippen molar-refractivity contribution in [3.8, 4) is 11.5 Å². The van der Waals surface area contributed by atoms with Crippen LogP contribution < -0.4 is 14.4 Å². The van der Waals surface area contributed by atoms with Crippen molar-refractivity contribution in [3.63, 3.8) is 0 Å². The van der Waals surface area contributed by atoms with Crippen molar-refractivity contribution in [1.82, 2.24) is 4.90 Å². The molecule has 5 rings (SSSR count). The molecule has 2 heterocycles. The summed E-state index contributed by atoms with van der Waals surface area (Å²) in [4.78, 5) is 30.3. The van der Waals surface area contributed by atoms with Crippen LogP contribution >= 0.6 is 0 Å². The molecule has 0 spiro atoms. The maximum Gasteiger partial charge on any atom is 0.264 e. The maximum atomic E-state index is 13.6. The number of nitrogens with zero attached hydrogens (tertiary/aromatic N) is 2. The predicted molar refractivity (Wildman–Crippen MR) is 112 cm³/mol. The van der Waals surface area contributed by atoms with Crippen LogP contribution in [0.5, 0.6) is 11.5 Å². The molecule has 1 atom stereocenters. The zero-order valence-corrected chi connectivity index (χ0v) is 17.0. The Hall–Kier alpha value is -3.87. The fourth-order valence-electron chi connectivity index (χ4n) is 4.37. The first-order valence-electron chi connectivity index (χ1n) is 9.78. The highest BCUT2D eigenvalue weighted by molar-refractivity contribution is 6.18. The van der Waals surface area contributed by atoms with Crippen molar-refractivity contribution >= 4 is 17.5 Å². The number of anilines is 1. The third-order valence-electron chi connectivity index (χ3n) is 5.75. The van der Waals surface area contributed by atoms with E-state index in [1.807, 2.05) is 0 Å². The van der Waals surface area contributed by atoms with Gasteiger partial charge in [0.05, 0.1) is 31.0 Å². The van der Waals surface area contributed by atoms with Crippen LogP contribution in [0, 0.1) is 5.82 Å². The fourth-order valence-corrected chi connectivity index (χ4v) is 4.37. The van der Waals surface area contributed by atoms with E-state index in [1.54, 1.807) is 58.3 Å². The van der Waals surface area contributed by atoms with Crippen molar-refractivity contribution < 1.29 is 23.5 Å². The Morgan fingerprint density at radius 3 is 2.35 bits per heavy atom. The number of benzene rings is 3. The predicted octanol–water partition coefficient (Wildman–Crippen LogP) is 4.16. The molecule has 1 unspecified atom stereocenters. The molecular formula is C24H19FN2O4. The van der Waals surface area contributed by atoms with E-state index in [-0.39, 0.29) is 24.2 Å². The van der Waals surface area contributed by atoms with E-state index in [4.69, 9.17) is 9.47 Å². The molecular weight excluding hydrogens is 399 g/mol. The van der Waals surface area contributed by atoms with Crippen molar-refractivity contribution in [1.29, 1.82) is 0 Å². The number of carbonyl (C=O) groups excluding carboxylic acids is 2. The first-order chi connectivity index (χ1) is 15.0. The summed E-state index contributed by atoms with van der Waals surface area (Å²) >= 11 is 0. The number of fused-ring (bicyclic) bond motifs is 5. The largest absolute Gasteiger partial charge is 0.493 e. The van der Waals surface area contributed by atoms with Gasteiger partial charge in [-0.1, -0.05) is 30.3 Å². The van der Waals surface area contributed by atoms with E-state index in [0.717, 1.165) is 5.56 Å². The molecule has 0 radical (unpaired) electrons. The second-order valence-corrected chi connectivity index (χ2v) is 7.39. The van der Waals surface area contributed by atoms with Crippen LogP contribution in [-0.2, 0) is 6.54 Å². The first-order valence-corrected chi connectivity index (χ1v) is 9.78. The summed E-state index contributed by atoms with van der Waals surface area (Å²) in [5, 5.41) is 0. The van der Waals surface area contributed by atoms with Crippen LogP contribution in [-0.4, -0.2) is 30.9 Å². The molecule has 0 saturated heterocycles. The average molecular weight is 418 g/mol. The molecule has 0 aliphatic carbocycles. The van der Waals surface area contributed by atoms with Crippen molar-refractivity contribution in [2.45, 2.75) is 12.7 Å². The van der Waals surface area contributed by atoms with Gasteiger partial charge in [-0.05, 0) is 35.9 Å². The van der Waals surface area contributed by atoms with Crippen LogP contribution in [0.1, 0.15) is 38.0 Å². The van der Waals surface area contributed by atoms with E-state index in [0.29, 0.717) is 33.9 Å². The van der Waals surface area contributed by atoms with Gasteiger partial charge in [-0.15, -0.1) is 0 Å². The van der Waals surface area contributed by atoms with Crippen LogP contribution in [0.25, 0.3) is 0 Å². The SMILES string of the molecule is COc1ccc2c(c1OC)C(=O)N1c3ccccc3C(=O)N(Cc3ccc(F)cc3)C21. The van der Waals surface area contributed by atoms with Gasteiger partial charge < -0.3 is 14.4 Å². The monoisotopic (exact) mass is 418 g/mol. The standard InChI is InChI=1S/C24H19FN2O4/c1-30-19-12-11-17-20(21(19)31-2)24(29)27-18-6-4-3-5-16(18)23(28)26(22(17)27)13-14-7-9-15(25)10-8-14/h3-12,22H,13H2,1-2H3. The van der Waals surface area contributed by atoms with E-state index in [1.165, 1.54) is 26.4 Å². The minimum atomic E-state index is -0.644. The average Bonchev–Trinajstić information content (AvgIpc) is 3.10. The van der Waals surface area contributed by atoms with Gasteiger partial charge in [0, 0.05) is 12.1 Å². The number of halogens is 1. The highest BCUT2D eigenvalue weighted by Gasteiger charge is 2.49. The number of hydrogen-bond donors (Lipinski definition) is 0. The van der Waals surface area contributed by atoms with Crippen molar-refractivity contribution in [2.75, 3.05) is 19.1 Å². The summed E-state index contributed by atoms with van der Waals surface area (Å²) in [6.45, 7) is 0.218. The molecule has 2 amide bonds. The first kappa shape index (κ1) is 19.1. The van der Waals surface area contributed by atoms with Gasteiger partial charge in [0.2, 0.25) is 0 Å². The zero-order valence-electron chi connectivity index (χ0n) is 17.0. The van der Waals surface area contributed by atoms with Gasteiger partial charge in [0.25, 0.3) is 11.8 Å². The maximum absolute atomic E-state index is 13.6. The quantitative estimate of drug-likeness (QED) is 0.639. The summed E-state index contributed by atoms with van der Waals surface area (Å²) in [5.74, 6) is -0.0273. The highest BCUT2D eigenvalue weighted by atomic mass is 19.1. The lowest BCUT2D eigenvalue weighted by Crippen LogP contribution is -2.47. The summed E-state index contributed by atoms with van der Waals surface area (Å²) in [5.41, 5.74) is 2.78. The molecule has 0 saturated carbocycles. The number of para-hydroxylation sites is 1. The van der Waals surface area contributed by atoms with E-state index >= 15 is 0 Å². The third-order valence-corrected chi connectivity index (χ3v) is 5.75. The fraction of sp³-hybridized carbons (Fsp3) is 0.167. The highest BCUT2D eigenvalue weighted by Crippen LogP contribution is 2.50. The molecule has 0 bridgehead atoms. The topological polar surface area (TPSA) is 59.1 Å². The summed E-state index contributed by atoms with van der Waals surface area (Å²) < 4.78 is 24.3. The Bertz CT molecular complexity index is 1210. The zero-order chi connectivity index (χ0) is 21.7. The van der Waals surface area contributed by atoms with E-state index in [2.05, 4.69) is 0 Å². The second kappa shape index (κ2) is 7.12. The number of hydrogen-bond acceptors (Lipinski definition) is 4. The smallest absolute Gasteiger partial charge is 0.264 e. The molecule has 3 aromatic carbocycles. The minimum Gasteiger partial charge on any atom is -0.493 e. The number of rotatable bonds is 4. The van der Waals surface area contributed by atoms with Gasteiger partial charge in [0.1, 0.15) is 12.0 Å². The van der Waals surface area contributed by atoms with Crippen LogP contribution in [0.4, 0.5) is 10.1 Å². The van der Waals surface area contributed by atoms with Crippen LogP contribution in [0.15, 0.2) is 60.7 Å². The second-order valence-electron chi connectivity index (χ2n) is 7.39. The van der Waals surface area contributed by atoms with E-state index < -0.39 is 6.17 Å². The molecule has 0 N–H and O–H groups in total. The Labute approximate surface area is 178 Å². The number of amides is 2. The number of methoxy groups -OCH3 is 2. The minimum absolute atomic E-state index is 0.198. The summed E-state index contributed by atoms with van der Waals surface area (Å²) in [6, 6.07) is 16.6. The summed E-state index contributed by atoms with van der Waals surface area (Å²) in [7, 11) is 2.99. The van der Waals surface area contributed by atoms with Gasteiger partial charge in [-0.25, -0.2) is 4.39 Å². The number of ether oxygens (including phenoxy) is 2. The Morgan fingerprint density at radius 2 is 1.65 bits per heavy atom. The Kier molecular flexibility index (Phi) is 4.39. The molecule has 6 nitrogen and oxygen atoms in total. The molecule has 31 heavy (non-hydrogen) atoms. The van der Waals surface area contributed by atoms with Gasteiger partial charge in [-0.3, -0.25) is 14.5 Å². The molecule has 7 heteroatoms. The van der Waals surface area contributed by atoms with Gasteiger partial charge in [-0.2, -0.15) is 0 Å². The van der Waals surface area contributed by atoms with Crippen LogP contribution in [0.2, 0.25) is 0 Å². The molecule has 0 aromatic heterocycles. The van der Waals surface area contributed by atoms with E-state index in [9.17, 15) is 14.0 Å². The lowest BCUT2D eigenvalue weighted by molar-refractivity contribution is 0.0629. The third kappa shape index (κ3) is 2.77. The molecule has 156 valence electrons. The molecule has 0 fully saturated rings. The van der Waals surface area contributed by atoms with Crippen LogP contribution in [0.3, 0.4) is 0 Å².